The van der Waals surface area contributed by atoms with Gasteiger partial charge in [-0.15, -0.1) is 0 Å². The second-order valence-electron chi connectivity index (χ2n) is 5.21. The van der Waals surface area contributed by atoms with Gasteiger partial charge in [0.05, 0.1) is 17.8 Å². The van der Waals surface area contributed by atoms with Crippen LogP contribution in [0, 0.1) is 6.92 Å². The molecule has 3 nitrogen and oxygen atoms in total. The molecule has 0 radical (unpaired) electrons. The van der Waals surface area contributed by atoms with Crippen LogP contribution in [-0.2, 0) is 11.2 Å². The minimum atomic E-state index is 0.0871. The summed E-state index contributed by atoms with van der Waals surface area (Å²) in [6.07, 6.45) is 1.30. The lowest BCUT2D eigenvalue weighted by Crippen LogP contribution is -2.33. The summed E-state index contributed by atoms with van der Waals surface area (Å²) < 4.78 is 0. The number of nitrogens with two attached hydrogens (primary N) is 1. The van der Waals surface area contributed by atoms with Gasteiger partial charge in [-0.2, -0.15) is 0 Å². The van der Waals surface area contributed by atoms with Crippen LogP contribution in [0.2, 0.25) is 0 Å². The SMILES string of the molecule is CCCN(C(=O)Cc1ccccc1C)c1ccccc1N. The molecule has 0 spiro atoms. The number of nitrogens with zero attached hydrogens (tertiary/aromatic N) is 1. The number of aryl methyl sites for hydroxylation is 1. The topological polar surface area (TPSA) is 46.3 Å². The zero-order chi connectivity index (χ0) is 15.2. The zero-order valence-electron chi connectivity index (χ0n) is 12.7. The molecular formula is C18H22N2O. The normalized spacial score (nSPS) is 10.4. The van der Waals surface area contributed by atoms with Crippen LogP contribution >= 0.6 is 0 Å². The number of rotatable bonds is 5. The highest BCUT2D eigenvalue weighted by molar-refractivity contribution is 5.97. The third-order valence-corrected chi connectivity index (χ3v) is 3.58. The first-order valence-corrected chi connectivity index (χ1v) is 7.33. The first kappa shape index (κ1) is 15.1. The van der Waals surface area contributed by atoms with Crippen molar-refractivity contribution < 1.29 is 4.79 Å². The first-order valence-electron chi connectivity index (χ1n) is 7.33. The van der Waals surface area contributed by atoms with Crippen LogP contribution in [0.25, 0.3) is 0 Å². The molecule has 2 rings (SSSR count). The van der Waals surface area contributed by atoms with Crippen molar-refractivity contribution in [2.45, 2.75) is 26.7 Å². The van der Waals surface area contributed by atoms with Crippen LogP contribution in [0.1, 0.15) is 24.5 Å². The molecule has 0 saturated heterocycles. The monoisotopic (exact) mass is 282 g/mol. The van der Waals surface area contributed by atoms with Crippen LogP contribution in [-0.4, -0.2) is 12.5 Å². The second-order valence-corrected chi connectivity index (χ2v) is 5.21. The summed E-state index contributed by atoms with van der Waals surface area (Å²) in [5, 5.41) is 0. The molecule has 3 heteroatoms. The summed E-state index contributed by atoms with van der Waals surface area (Å²) in [4.78, 5) is 14.5. The average Bonchev–Trinajstić information content (AvgIpc) is 2.48. The minimum Gasteiger partial charge on any atom is -0.397 e. The van der Waals surface area contributed by atoms with Crippen LogP contribution in [0.3, 0.4) is 0 Å². The molecule has 2 N–H and O–H groups in total. The van der Waals surface area contributed by atoms with E-state index in [0.29, 0.717) is 18.7 Å². The molecule has 21 heavy (non-hydrogen) atoms. The summed E-state index contributed by atoms with van der Waals surface area (Å²) in [5.41, 5.74) is 9.67. The lowest BCUT2D eigenvalue weighted by atomic mass is 10.0. The predicted molar refractivity (Wildman–Crippen MR) is 88.4 cm³/mol. The fourth-order valence-corrected chi connectivity index (χ4v) is 2.40. The van der Waals surface area contributed by atoms with Crippen molar-refractivity contribution in [1.29, 1.82) is 0 Å². The molecule has 2 aromatic rings. The Bertz CT molecular complexity index is 622. The van der Waals surface area contributed by atoms with Crippen molar-refractivity contribution in [3.63, 3.8) is 0 Å². The number of hydrogen-bond acceptors (Lipinski definition) is 2. The standard InChI is InChI=1S/C18H22N2O/c1-3-12-20(17-11-7-6-10-16(17)19)18(21)13-15-9-5-4-8-14(15)2/h4-11H,3,12-13,19H2,1-2H3. The van der Waals surface area contributed by atoms with E-state index >= 15 is 0 Å². The van der Waals surface area contributed by atoms with Gasteiger partial charge >= 0.3 is 0 Å². The molecule has 0 aromatic heterocycles. The van der Waals surface area contributed by atoms with Gasteiger partial charge in [-0.05, 0) is 36.6 Å². The smallest absolute Gasteiger partial charge is 0.231 e. The molecule has 0 aliphatic heterocycles. The van der Waals surface area contributed by atoms with Crippen molar-refractivity contribution in [2.75, 3.05) is 17.2 Å². The summed E-state index contributed by atoms with van der Waals surface area (Å²) in [6, 6.07) is 15.5. The Balaban J connectivity index is 2.25. The summed E-state index contributed by atoms with van der Waals surface area (Å²) in [5.74, 6) is 0.0871. The highest BCUT2D eigenvalue weighted by Gasteiger charge is 2.17. The second kappa shape index (κ2) is 6.93. The summed E-state index contributed by atoms with van der Waals surface area (Å²) in [6.45, 7) is 4.77. The Labute approximate surface area is 126 Å². The van der Waals surface area contributed by atoms with Gasteiger partial charge in [0.1, 0.15) is 0 Å². The average molecular weight is 282 g/mol. The maximum Gasteiger partial charge on any atom is 0.231 e. The van der Waals surface area contributed by atoms with E-state index < -0.39 is 0 Å². The number of nitrogen functional groups attached to an aromatic ring is 1. The predicted octanol–water partition coefficient (Wildman–Crippen LogP) is 3.56. The lowest BCUT2D eigenvalue weighted by molar-refractivity contribution is -0.118. The number of amides is 1. The quantitative estimate of drug-likeness (QED) is 0.852. The van der Waals surface area contributed by atoms with E-state index in [9.17, 15) is 4.79 Å². The number of carbonyl (C=O) groups is 1. The molecule has 0 unspecified atom stereocenters. The minimum absolute atomic E-state index is 0.0871. The van der Waals surface area contributed by atoms with Crippen molar-refractivity contribution in [1.82, 2.24) is 0 Å². The van der Waals surface area contributed by atoms with Crippen LogP contribution in [0.15, 0.2) is 48.5 Å². The molecule has 1 amide bonds. The third-order valence-electron chi connectivity index (χ3n) is 3.58. The van der Waals surface area contributed by atoms with Crippen molar-refractivity contribution in [2.24, 2.45) is 0 Å². The molecule has 0 fully saturated rings. The fraction of sp³-hybridized carbons (Fsp3) is 0.278. The Morgan fingerprint density at radius 3 is 2.43 bits per heavy atom. The lowest BCUT2D eigenvalue weighted by Gasteiger charge is -2.24. The molecule has 0 aliphatic rings. The number of para-hydroxylation sites is 2. The van der Waals surface area contributed by atoms with Gasteiger partial charge in [0, 0.05) is 6.54 Å². The van der Waals surface area contributed by atoms with Crippen LogP contribution < -0.4 is 10.6 Å². The maximum absolute atomic E-state index is 12.7. The van der Waals surface area contributed by atoms with E-state index in [2.05, 4.69) is 6.92 Å². The van der Waals surface area contributed by atoms with Crippen molar-refractivity contribution in [3.8, 4) is 0 Å². The largest absolute Gasteiger partial charge is 0.397 e. The van der Waals surface area contributed by atoms with Gasteiger partial charge in [-0.1, -0.05) is 43.3 Å². The van der Waals surface area contributed by atoms with E-state index in [1.54, 1.807) is 4.90 Å². The van der Waals surface area contributed by atoms with E-state index in [-0.39, 0.29) is 5.91 Å². The Morgan fingerprint density at radius 2 is 1.76 bits per heavy atom. The van der Waals surface area contributed by atoms with Crippen LogP contribution in [0.5, 0.6) is 0 Å². The molecular weight excluding hydrogens is 260 g/mol. The molecule has 2 aromatic carbocycles. The van der Waals surface area contributed by atoms with Crippen molar-refractivity contribution >= 4 is 17.3 Å². The van der Waals surface area contributed by atoms with Crippen LogP contribution in [0.4, 0.5) is 11.4 Å². The van der Waals surface area contributed by atoms with E-state index in [0.717, 1.165) is 23.2 Å². The van der Waals surface area contributed by atoms with Crippen molar-refractivity contribution in [3.05, 3.63) is 59.7 Å². The van der Waals surface area contributed by atoms with E-state index in [4.69, 9.17) is 5.73 Å². The summed E-state index contributed by atoms with van der Waals surface area (Å²) in [7, 11) is 0. The van der Waals surface area contributed by atoms with E-state index in [1.807, 2.05) is 55.5 Å². The van der Waals surface area contributed by atoms with Gasteiger partial charge in [0.2, 0.25) is 5.91 Å². The number of carbonyl (C=O) groups excluding carboxylic acids is 1. The highest BCUT2D eigenvalue weighted by Crippen LogP contribution is 2.24. The van der Waals surface area contributed by atoms with E-state index in [1.165, 1.54) is 0 Å². The van der Waals surface area contributed by atoms with Gasteiger partial charge in [0.25, 0.3) is 0 Å². The molecule has 0 bridgehead atoms. The van der Waals surface area contributed by atoms with Gasteiger partial charge < -0.3 is 10.6 Å². The molecule has 110 valence electrons. The number of benzene rings is 2. The highest BCUT2D eigenvalue weighted by atomic mass is 16.2. The van der Waals surface area contributed by atoms with Gasteiger partial charge in [-0.25, -0.2) is 0 Å². The Morgan fingerprint density at radius 1 is 1.10 bits per heavy atom. The third kappa shape index (κ3) is 3.63. The summed E-state index contributed by atoms with van der Waals surface area (Å²) >= 11 is 0. The van der Waals surface area contributed by atoms with Gasteiger partial charge in [-0.3, -0.25) is 4.79 Å². The molecule has 0 heterocycles. The molecule has 0 aliphatic carbocycles. The Kier molecular flexibility index (Phi) is 4.99. The van der Waals surface area contributed by atoms with Gasteiger partial charge in [0.15, 0.2) is 0 Å². The maximum atomic E-state index is 12.7. The Hall–Kier alpha value is -2.29. The zero-order valence-corrected chi connectivity index (χ0v) is 12.7. The number of hydrogen-bond donors (Lipinski definition) is 1. The molecule has 0 atom stereocenters. The number of anilines is 2. The fourth-order valence-electron chi connectivity index (χ4n) is 2.40. The molecule has 0 saturated carbocycles. The first-order chi connectivity index (χ1) is 10.1.